The molecular weight excluding hydrogens is 243 g/mol. The molecule has 0 saturated carbocycles. The van der Waals surface area contributed by atoms with Crippen molar-refractivity contribution in [2.75, 3.05) is 7.11 Å². The Bertz CT molecular complexity index is 600. The van der Waals surface area contributed by atoms with Crippen LogP contribution in [0.3, 0.4) is 0 Å². The van der Waals surface area contributed by atoms with Crippen LogP contribution < -0.4 is 0 Å². The number of ether oxygens (including phenoxy) is 1. The van der Waals surface area contributed by atoms with Crippen molar-refractivity contribution < 1.29 is 13.9 Å². The summed E-state index contributed by atoms with van der Waals surface area (Å²) in [6.45, 7) is 0. The smallest absolute Gasteiger partial charge is 0.330 e. The summed E-state index contributed by atoms with van der Waals surface area (Å²) < 4.78 is 17.6. The maximum absolute atomic E-state index is 13.1. The fraction of sp³-hybridized carbons (Fsp3) is 0.0625. The zero-order valence-corrected chi connectivity index (χ0v) is 10.5. The van der Waals surface area contributed by atoms with Gasteiger partial charge in [0.1, 0.15) is 5.82 Å². The number of hydrogen-bond donors (Lipinski definition) is 0. The summed E-state index contributed by atoms with van der Waals surface area (Å²) in [5.41, 5.74) is 2.63. The number of hydrogen-bond acceptors (Lipinski definition) is 2. The van der Waals surface area contributed by atoms with Crippen LogP contribution in [0.2, 0.25) is 0 Å². The Labute approximate surface area is 111 Å². The van der Waals surface area contributed by atoms with Crippen LogP contribution in [0.25, 0.3) is 17.2 Å². The molecule has 2 rings (SSSR count). The van der Waals surface area contributed by atoms with Crippen LogP contribution in [0.15, 0.2) is 54.6 Å². The molecule has 19 heavy (non-hydrogen) atoms. The molecule has 0 amide bonds. The lowest BCUT2D eigenvalue weighted by molar-refractivity contribution is -0.134. The van der Waals surface area contributed by atoms with Crippen molar-refractivity contribution in [2.24, 2.45) is 0 Å². The average Bonchev–Trinajstić information content (AvgIpc) is 2.45. The van der Waals surface area contributed by atoms with Gasteiger partial charge in [0, 0.05) is 6.08 Å². The lowest BCUT2D eigenvalue weighted by Gasteiger charge is -2.02. The lowest BCUT2D eigenvalue weighted by Crippen LogP contribution is -1.93. The fourth-order valence-electron chi connectivity index (χ4n) is 1.69. The van der Waals surface area contributed by atoms with Crippen molar-refractivity contribution in [3.05, 3.63) is 66.0 Å². The SMILES string of the molecule is COC(=O)/C=C/c1ccc(-c2cccc(F)c2)cc1. The van der Waals surface area contributed by atoms with E-state index >= 15 is 0 Å². The predicted octanol–water partition coefficient (Wildman–Crippen LogP) is 3.68. The number of benzene rings is 2. The van der Waals surface area contributed by atoms with Crippen LogP contribution in [0.1, 0.15) is 5.56 Å². The molecule has 2 nitrogen and oxygen atoms in total. The second-order valence-electron chi connectivity index (χ2n) is 3.99. The van der Waals surface area contributed by atoms with Crippen molar-refractivity contribution >= 4 is 12.0 Å². The summed E-state index contributed by atoms with van der Waals surface area (Å²) in [6, 6.07) is 13.9. The highest BCUT2D eigenvalue weighted by Crippen LogP contribution is 2.20. The monoisotopic (exact) mass is 256 g/mol. The van der Waals surface area contributed by atoms with Crippen LogP contribution in [-0.4, -0.2) is 13.1 Å². The quantitative estimate of drug-likeness (QED) is 0.618. The third kappa shape index (κ3) is 3.52. The van der Waals surface area contributed by atoms with Gasteiger partial charge in [-0.15, -0.1) is 0 Å². The van der Waals surface area contributed by atoms with Crippen molar-refractivity contribution in [3.63, 3.8) is 0 Å². The number of esters is 1. The second-order valence-corrected chi connectivity index (χ2v) is 3.99. The van der Waals surface area contributed by atoms with Crippen LogP contribution in [0.5, 0.6) is 0 Å². The highest BCUT2D eigenvalue weighted by Gasteiger charge is 1.99. The Morgan fingerprint density at radius 2 is 1.84 bits per heavy atom. The number of halogens is 1. The summed E-state index contributed by atoms with van der Waals surface area (Å²) in [6.07, 6.45) is 3.03. The van der Waals surface area contributed by atoms with Gasteiger partial charge in [0.2, 0.25) is 0 Å². The van der Waals surface area contributed by atoms with E-state index in [0.29, 0.717) is 0 Å². The van der Waals surface area contributed by atoms with Crippen LogP contribution in [0, 0.1) is 5.82 Å². The van der Waals surface area contributed by atoms with Crippen molar-refractivity contribution in [1.29, 1.82) is 0 Å². The molecule has 0 aliphatic heterocycles. The van der Waals surface area contributed by atoms with Gasteiger partial charge in [0.15, 0.2) is 0 Å². The van der Waals surface area contributed by atoms with Gasteiger partial charge in [-0.2, -0.15) is 0 Å². The first-order valence-electron chi connectivity index (χ1n) is 5.81. The van der Waals surface area contributed by atoms with E-state index in [1.807, 2.05) is 30.3 Å². The molecule has 2 aromatic carbocycles. The summed E-state index contributed by atoms with van der Waals surface area (Å²) in [5, 5.41) is 0. The minimum atomic E-state index is -0.394. The molecule has 0 atom stereocenters. The molecule has 0 heterocycles. The van der Waals surface area contributed by atoms with Gasteiger partial charge in [-0.05, 0) is 34.9 Å². The normalized spacial score (nSPS) is 10.6. The zero-order valence-electron chi connectivity index (χ0n) is 10.5. The Hall–Kier alpha value is -2.42. The third-order valence-corrected chi connectivity index (χ3v) is 2.68. The zero-order chi connectivity index (χ0) is 13.7. The number of rotatable bonds is 3. The van der Waals surface area contributed by atoms with Gasteiger partial charge in [-0.3, -0.25) is 0 Å². The first kappa shape index (κ1) is 13.0. The van der Waals surface area contributed by atoms with E-state index in [1.165, 1.54) is 25.3 Å². The lowest BCUT2D eigenvalue weighted by atomic mass is 10.0. The van der Waals surface area contributed by atoms with Gasteiger partial charge < -0.3 is 4.74 Å². The summed E-state index contributed by atoms with van der Waals surface area (Å²) >= 11 is 0. The van der Waals surface area contributed by atoms with E-state index in [1.54, 1.807) is 12.1 Å². The molecule has 0 saturated heterocycles. The highest BCUT2D eigenvalue weighted by molar-refractivity contribution is 5.87. The first-order valence-corrected chi connectivity index (χ1v) is 5.81. The number of carbonyl (C=O) groups excluding carboxylic acids is 1. The Morgan fingerprint density at radius 3 is 2.47 bits per heavy atom. The van der Waals surface area contributed by atoms with Gasteiger partial charge >= 0.3 is 5.97 Å². The highest BCUT2D eigenvalue weighted by atomic mass is 19.1. The van der Waals surface area contributed by atoms with Crippen molar-refractivity contribution in [2.45, 2.75) is 0 Å². The van der Waals surface area contributed by atoms with E-state index in [2.05, 4.69) is 4.74 Å². The molecule has 0 bridgehead atoms. The molecular formula is C16H13FO2. The van der Waals surface area contributed by atoms with Crippen molar-refractivity contribution in [1.82, 2.24) is 0 Å². The fourth-order valence-corrected chi connectivity index (χ4v) is 1.69. The Morgan fingerprint density at radius 1 is 1.11 bits per heavy atom. The average molecular weight is 256 g/mol. The molecule has 0 spiro atoms. The standard InChI is InChI=1S/C16H13FO2/c1-19-16(18)10-7-12-5-8-13(9-6-12)14-3-2-4-15(17)11-14/h2-11H,1H3/b10-7+. The molecule has 0 unspecified atom stereocenters. The Balaban J connectivity index is 2.19. The Kier molecular flexibility index (Phi) is 4.08. The first-order chi connectivity index (χ1) is 9.19. The van der Waals surface area contributed by atoms with Crippen LogP contribution >= 0.6 is 0 Å². The largest absolute Gasteiger partial charge is 0.466 e. The molecule has 2 aromatic rings. The molecule has 0 aromatic heterocycles. The van der Waals surface area contributed by atoms with Crippen molar-refractivity contribution in [3.8, 4) is 11.1 Å². The summed E-state index contributed by atoms with van der Waals surface area (Å²) in [7, 11) is 1.33. The van der Waals surface area contributed by atoms with Gasteiger partial charge in [-0.25, -0.2) is 9.18 Å². The summed E-state index contributed by atoms with van der Waals surface area (Å²) in [5.74, 6) is -0.652. The van der Waals surface area contributed by atoms with E-state index in [4.69, 9.17) is 0 Å². The van der Waals surface area contributed by atoms with E-state index in [9.17, 15) is 9.18 Å². The number of carbonyl (C=O) groups is 1. The maximum atomic E-state index is 13.1. The van der Waals surface area contributed by atoms with Crippen LogP contribution in [0.4, 0.5) is 4.39 Å². The van der Waals surface area contributed by atoms with E-state index in [-0.39, 0.29) is 5.82 Å². The number of methoxy groups -OCH3 is 1. The minimum Gasteiger partial charge on any atom is -0.466 e. The molecule has 0 aliphatic rings. The molecule has 0 aliphatic carbocycles. The van der Waals surface area contributed by atoms with Gasteiger partial charge in [-0.1, -0.05) is 36.4 Å². The summed E-state index contributed by atoms with van der Waals surface area (Å²) in [4.78, 5) is 11.0. The second kappa shape index (κ2) is 5.96. The molecule has 3 heteroatoms. The molecule has 0 radical (unpaired) electrons. The topological polar surface area (TPSA) is 26.3 Å². The van der Waals surface area contributed by atoms with Gasteiger partial charge in [0.25, 0.3) is 0 Å². The van der Waals surface area contributed by atoms with E-state index < -0.39 is 5.97 Å². The minimum absolute atomic E-state index is 0.257. The molecule has 96 valence electrons. The van der Waals surface area contributed by atoms with Crippen LogP contribution in [-0.2, 0) is 9.53 Å². The van der Waals surface area contributed by atoms with Gasteiger partial charge in [0.05, 0.1) is 7.11 Å². The maximum Gasteiger partial charge on any atom is 0.330 e. The molecule has 0 fully saturated rings. The van der Waals surface area contributed by atoms with E-state index in [0.717, 1.165) is 16.7 Å². The predicted molar refractivity (Wildman–Crippen MR) is 72.9 cm³/mol. The molecule has 0 N–H and O–H groups in total. The third-order valence-electron chi connectivity index (χ3n) is 2.68.